The largest absolute Gasteiger partial charge is 0.322 e. The molecule has 2 aromatic carbocycles. The third-order valence-electron chi connectivity index (χ3n) is 7.08. The van der Waals surface area contributed by atoms with Gasteiger partial charge in [-0.3, -0.25) is 9.10 Å². The summed E-state index contributed by atoms with van der Waals surface area (Å²) >= 11 is 0. The second-order valence-electron chi connectivity index (χ2n) is 9.42. The van der Waals surface area contributed by atoms with E-state index < -0.39 is 26.0 Å². The summed E-state index contributed by atoms with van der Waals surface area (Å²) < 4.78 is 52.9. The lowest BCUT2D eigenvalue weighted by Gasteiger charge is -2.35. The van der Waals surface area contributed by atoms with Crippen molar-refractivity contribution in [2.45, 2.75) is 50.8 Å². The number of benzene rings is 2. The number of anilines is 2. The third kappa shape index (κ3) is 6.46. The monoisotopic (exact) mass is 535 g/mol. The van der Waals surface area contributed by atoms with Gasteiger partial charge in [0.05, 0.1) is 22.4 Å². The first-order valence-electron chi connectivity index (χ1n) is 12.4. The van der Waals surface area contributed by atoms with Crippen molar-refractivity contribution in [2.24, 2.45) is 11.8 Å². The van der Waals surface area contributed by atoms with E-state index in [1.165, 1.54) is 25.6 Å². The van der Waals surface area contributed by atoms with Gasteiger partial charge in [0.15, 0.2) is 0 Å². The molecular weight excluding hydrogens is 498 g/mol. The summed E-state index contributed by atoms with van der Waals surface area (Å²) in [6, 6.07) is 12.5. The van der Waals surface area contributed by atoms with E-state index in [1.807, 2.05) is 0 Å². The Morgan fingerprint density at radius 1 is 1.03 bits per heavy atom. The number of rotatable bonds is 10. The number of piperidine rings is 1. The quantitative estimate of drug-likeness (QED) is 0.480. The summed E-state index contributed by atoms with van der Waals surface area (Å²) in [5, 5.41) is 2.73. The summed E-state index contributed by atoms with van der Waals surface area (Å²) in [7, 11) is -5.78. The van der Waals surface area contributed by atoms with E-state index in [9.17, 15) is 21.6 Å². The molecule has 0 aromatic heterocycles. The van der Waals surface area contributed by atoms with Crippen molar-refractivity contribution in [3.8, 4) is 0 Å². The second kappa shape index (κ2) is 11.7. The van der Waals surface area contributed by atoms with E-state index in [2.05, 4.69) is 19.2 Å². The molecule has 0 aliphatic carbocycles. The zero-order chi connectivity index (χ0) is 26.5. The Labute approximate surface area is 215 Å². The minimum atomic E-state index is -3.61. The molecule has 1 saturated heterocycles. The summed E-state index contributed by atoms with van der Waals surface area (Å²) in [5.74, 6) is 0.741. The van der Waals surface area contributed by atoms with E-state index in [1.54, 1.807) is 40.7 Å². The number of para-hydroxylation sites is 1. The standard InChI is InChI=1S/C26H37N3O5S2/c1-5-9-20(6-2)21-16-18-29(19-17-21)36(33,34)23-14-12-22(13-15-23)27-26(30)24-10-7-8-11-25(24)28(3)35(4,31)32/h7-8,10-15,20-21H,5-6,9,16-19H2,1-4H3,(H,27,30). The summed E-state index contributed by atoms with van der Waals surface area (Å²) in [5.41, 5.74) is 0.864. The Hall–Kier alpha value is -2.43. The van der Waals surface area contributed by atoms with Crippen LogP contribution in [-0.2, 0) is 20.0 Å². The lowest BCUT2D eigenvalue weighted by atomic mass is 9.81. The molecule has 1 aliphatic heterocycles. The Bertz CT molecular complexity index is 1250. The van der Waals surface area contributed by atoms with Crippen LogP contribution in [0, 0.1) is 11.8 Å². The Kier molecular flexibility index (Phi) is 9.18. The third-order valence-corrected chi connectivity index (χ3v) is 10.2. The highest BCUT2D eigenvalue weighted by molar-refractivity contribution is 7.92. The van der Waals surface area contributed by atoms with Gasteiger partial charge in [-0.2, -0.15) is 4.31 Å². The van der Waals surface area contributed by atoms with Gasteiger partial charge in [-0.25, -0.2) is 16.8 Å². The minimum absolute atomic E-state index is 0.191. The van der Waals surface area contributed by atoms with Crippen molar-refractivity contribution >= 4 is 37.3 Å². The fourth-order valence-corrected chi connectivity index (χ4v) is 6.89. The number of nitrogens with one attached hydrogen (secondary N) is 1. The zero-order valence-corrected chi connectivity index (χ0v) is 23.1. The number of sulfonamides is 2. The van der Waals surface area contributed by atoms with E-state index >= 15 is 0 Å². The van der Waals surface area contributed by atoms with Gasteiger partial charge in [0, 0.05) is 25.8 Å². The summed E-state index contributed by atoms with van der Waals surface area (Å²) in [6.07, 6.45) is 6.31. The highest BCUT2D eigenvalue weighted by Gasteiger charge is 2.32. The smallest absolute Gasteiger partial charge is 0.257 e. The average molecular weight is 536 g/mol. The molecule has 1 N–H and O–H groups in total. The SMILES string of the molecule is CCCC(CC)C1CCN(S(=O)(=O)c2ccc(NC(=O)c3ccccc3N(C)S(C)(=O)=O)cc2)CC1. The first-order chi connectivity index (χ1) is 17.0. The molecule has 1 unspecified atom stereocenters. The predicted octanol–water partition coefficient (Wildman–Crippen LogP) is 4.56. The molecule has 1 atom stereocenters. The normalized spacial score (nSPS) is 16.4. The second-order valence-corrected chi connectivity index (χ2v) is 13.4. The maximum absolute atomic E-state index is 13.2. The Morgan fingerprint density at radius 2 is 1.64 bits per heavy atom. The van der Waals surface area contributed by atoms with Crippen LogP contribution in [0.2, 0.25) is 0 Å². The minimum Gasteiger partial charge on any atom is -0.322 e. The zero-order valence-electron chi connectivity index (χ0n) is 21.5. The van der Waals surface area contributed by atoms with Crippen LogP contribution in [0.25, 0.3) is 0 Å². The van der Waals surface area contributed by atoms with Gasteiger partial charge >= 0.3 is 0 Å². The molecule has 1 amide bonds. The van der Waals surface area contributed by atoms with Gasteiger partial charge in [-0.1, -0.05) is 45.2 Å². The maximum atomic E-state index is 13.2. The number of amides is 1. The Morgan fingerprint density at radius 3 is 2.19 bits per heavy atom. The van der Waals surface area contributed by atoms with Gasteiger partial charge in [0.25, 0.3) is 5.91 Å². The molecule has 0 spiro atoms. The van der Waals surface area contributed by atoms with Crippen molar-refractivity contribution in [3.63, 3.8) is 0 Å². The van der Waals surface area contributed by atoms with Crippen LogP contribution in [0.5, 0.6) is 0 Å². The van der Waals surface area contributed by atoms with Crippen LogP contribution in [0.3, 0.4) is 0 Å². The van der Waals surface area contributed by atoms with Crippen molar-refractivity contribution in [1.29, 1.82) is 0 Å². The molecule has 10 heteroatoms. The highest BCUT2D eigenvalue weighted by atomic mass is 32.2. The molecule has 198 valence electrons. The van der Waals surface area contributed by atoms with Crippen LogP contribution in [0.15, 0.2) is 53.4 Å². The molecular formula is C26H37N3O5S2. The molecule has 0 saturated carbocycles. The first kappa shape index (κ1) is 28.1. The summed E-state index contributed by atoms with van der Waals surface area (Å²) in [4.78, 5) is 13.1. The van der Waals surface area contributed by atoms with E-state index in [0.29, 0.717) is 30.6 Å². The van der Waals surface area contributed by atoms with Crippen molar-refractivity contribution in [1.82, 2.24) is 4.31 Å². The highest BCUT2D eigenvalue weighted by Crippen LogP contribution is 2.32. The predicted molar refractivity (Wildman–Crippen MR) is 144 cm³/mol. The van der Waals surface area contributed by atoms with Gasteiger partial charge in [-0.15, -0.1) is 0 Å². The van der Waals surface area contributed by atoms with E-state index in [0.717, 1.165) is 36.2 Å². The topological polar surface area (TPSA) is 104 Å². The van der Waals surface area contributed by atoms with E-state index in [-0.39, 0.29) is 16.1 Å². The van der Waals surface area contributed by atoms with Crippen LogP contribution in [0.1, 0.15) is 56.3 Å². The number of nitrogens with zero attached hydrogens (tertiary/aromatic N) is 2. The summed E-state index contributed by atoms with van der Waals surface area (Å²) in [6.45, 7) is 5.46. The molecule has 36 heavy (non-hydrogen) atoms. The Balaban J connectivity index is 1.69. The molecule has 1 fully saturated rings. The molecule has 3 rings (SSSR count). The maximum Gasteiger partial charge on any atom is 0.257 e. The van der Waals surface area contributed by atoms with Gasteiger partial charge in [0.2, 0.25) is 20.0 Å². The number of carbonyl (C=O) groups is 1. The van der Waals surface area contributed by atoms with Gasteiger partial charge < -0.3 is 5.32 Å². The number of hydrogen-bond acceptors (Lipinski definition) is 5. The van der Waals surface area contributed by atoms with Crippen LogP contribution >= 0.6 is 0 Å². The molecule has 2 aromatic rings. The number of hydrogen-bond donors (Lipinski definition) is 1. The van der Waals surface area contributed by atoms with Crippen molar-refractivity contribution in [3.05, 3.63) is 54.1 Å². The van der Waals surface area contributed by atoms with E-state index in [4.69, 9.17) is 0 Å². The molecule has 8 nitrogen and oxygen atoms in total. The fourth-order valence-electron chi connectivity index (χ4n) is 4.91. The van der Waals surface area contributed by atoms with Crippen LogP contribution < -0.4 is 9.62 Å². The van der Waals surface area contributed by atoms with Gasteiger partial charge in [-0.05, 0) is 61.1 Å². The molecule has 1 heterocycles. The lowest BCUT2D eigenvalue weighted by molar-refractivity contribution is 0.102. The lowest BCUT2D eigenvalue weighted by Crippen LogP contribution is -2.40. The molecule has 0 radical (unpaired) electrons. The van der Waals surface area contributed by atoms with Gasteiger partial charge in [0.1, 0.15) is 0 Å². The van der Waals surface area contributed by atoms with Crippen LogP contribution in [-0.4, -0.2) is 53.4 Å². The number of carbonyl (C=O) groups excluding carboxylic acids is 1. The average Bonchev–Trinajstić information content (AvgIpc) is 2.86. The van der Waals surface area contributed by atoms with Crippen molar-refractivity contribution in [2.75, 3.05) is 36.0 Å². The van der Waals surface area contributed by atoms with Crippen LogP contribution in [0.4, 0.5) is 11.4 Å². The first-order valence-corrected chi connectivity index (χ1v) is 15.7. The molecule has 1 aliphatic rings. The molecule has 0 bridgehead atoms. The van der Waals surface area contributed by atoms with Crippen molar-refractivity contribution < 1.29 is 21.6 Å². The fraction of sp³-hybridized carbons (Fsp3) is 0.500.